The molecule has 2 aromatic rings. The Morgan fingerprint density at radius 1 is 1.16 bits per heavy atom. The fourth-order valence-electron chi connectivity index (χ4n) is 4.77. The van der Waals surface area contributed by atoms with E-state index in [0.717, 1.165) is 69.4 Å². The van der Waals surface area contributed by atoms with E-state index < -0.39 is 0 Å². The highest BCUT2D eigenvalue weighted by Crippen LogP contribution is 2.41. The first-order chi connectivity index (χ1) is 14.7. The lowest BCUT2D eigenvalue weighted by Gasteiger charge is -2.37. The molecule has 0 N–H and O–H groups in total. The smallest absolute Gasteiger partial charge is 0.223 e. The summed E-state index contributed by atoms with van der Waals surface area (Å²) in [4.78, 5) is 30.0. The van der Waals surface area contributed by atoms with E-state index in [4.69, 9.17) is 9.97 Å². The summed E-state index contributed by atoms with van der Waals surface area (Å²) in [6.45, 7) is 14.3. The molecule has 2 aliphatic rings. The zero-order valence-electron chi connectivity index (χ0n) is 20.0. The van der Waals surface area contributed by atoms with Crippen LogP contribution in [0.15, 0.2) is 0 Å². The third-order valence-electron chi connectivity index (χ3n) is 6.55. The van der Waals surface area contributed by atoms with E-state index >= 15 is 0 Å². The Hall–Kier alpha value is -1.69. The number of hydrogen-bond acceptors (Lipinski definition) is 5. The molecule has 0 spiro atoms. The molecule has 1 fully saturated rings. The van der Waals surface area contributed by atoms with Gasteiger partial charge in [-0.2, -0.15) is 0 Å². The standard InChI is InChI=1S/C25H38N4OS/c1-6-7-8-20-26-23(22-18-10-9-17(2)15-19(18)31-24(22)27-20)29-13-11-28(12-14-29)21(30)16-25(3,4)5/h17H,6-16H2,1-5H3. The summed E-state index contributed by atoms with van der Waals surface area (Å²) in [6, 6.07) is 0. The molecule has 2 aromatic heterocycles. The van der Waals surface area contributed by atoms with Gasteiger partial charge in [-0.05, 0) is 42.6 Å². The van der Waals surface area contributed by atoms with E-state index in [-0.39, 0.29) is 11.3 Å². The number of piperazine rings is 1. The summed E-state index contributed by atoms with van der Waals surface area (Å²) in [6.07, 6.45) is 7.42. The summed E-state index contributed by atoms with van der Waals surface area (Å²) in [7, 11) is 0. The predicted octanol–water partition coefficient (Wildman–Crippen LogP) is 5.24. The van der Waals surface area contributed by atoms with Crippen LogP contribution in [0, 0.1) is 11.3 Å². The molecular formula is C25H38N4OS. The number of carbonyl (C=O) groups is 1. The molecule has 1 saturated heterocycles. The molecular weight excluding hydrogens is 404 g/mol. The molecule has 3 heterocycles. The van der Waals surface area contributed by atoms with Crippen LogP contribution in [0.3, 0.4) is 0 Å². The maximum absolute atomic E-state index is 12.7. The molecule has 1 aliphatic carbocycles. The Labute approximate surface area is 191 Å². The summed E-state index contributed by atoms with van der Waals surface area (Å²) < 4.78 is 0. The second kappa shape index (κ2) is 9.05. The Bertz CT molecular complexity index is 937. The van der Waals surface area contributed by atoms with Crippen molar-refractivity contribution in [3.63, 3.8) is 0 Å². The average Bonchev–Trinajstić information content (AvgIpc) is 3.07. The van der Waals surface area contributed by atoms with Gasteiger partial charge in [-0.15, -0.1) is 11.3 Å². The second-order valence-electron chi connectivity index (χ2n) is 10.7. The molecule has 170 valence electrons. The zero-order chi connectivity index (χ0) is 22.2. The van der Waals surface area contributed by atoms with Crippen molar-refractivity contribution in [1.29, 1.82) is 0 Å². The van der Waals surface area contributed by atoms with Gasteiger partial charge in [0, 0.05) is 43.9 Å². The fraction of sp³-hybridized carbons (Fsp3) is 0.720. The second-order valence-corrected chi connectivity index (χ2v) is 11.8. The molecule has 4 rings (SSSR count). The number of nitrogens with zero attached hydrogens (tertiary/aromatic N) is 4. The Morgan fingerprint density at radius 3 is 2.58 bits per heavy atom. The predicted molar refractivity (Wildman–Crippen MR) is 130 cm³/mol. The van der Waals surface area contributed by atoms with Crippen molar-refractivity contribution in [3.05, 3.63) is 16.3 Å². The van der Waals surface area contributed by atoms with Crippen molar-refractivity contribution in [2.75, 3.05) is 31.1 Å². The van der Waals surface area contributed by atoms with Gasteiger partial charge in [-0.25, -0.2) is 9.97 Å². The highest BCUT2D eigenvalue weighted by atomic mass is 32.1. The quantitative estimate of drug-likeness (QED) is 0.635. The van der Waals surface area contributed by atoms with Crippen molar-refractivity contribution in [1.82, 2.24) is 14.9 Å². The number of aryl methyl sites for hydroxylation is 2. The summed E-state index contributed by atoms with van der Waals surface area (Å²) in [5, 5.41) is 1.31. The molecule has 6 heteroatoms. The number of anilines is 1. The molecule has 1 atom stereocenters. The SMILES string of the molecule is CCCCc1nc(N2CCN(C(=O)CC(C)(C)C)CC2)c2c3c(sc2n1)CC(C)CC3. The molecule has 1 aliphatic heterocycles. The molecule has 1 amide bonds. The number of thiophene rings is 1. The van der Waals surface area contributed by atoms with Crippen molar-refractivity contribution in [2.24, 2.45) is 11.3 Å². The van der Waals surface area contributed by atoms with E-state index in [1.54, 1.807) is 0 Å². The van der Waals surface area contributed by atoms with Crippen LogP contribution >= 0.6 is 11.3 Å². The van der Waals surface area contributed by atoms with Gasteiger partial charge in [-0.3, -0.25) is 4.79 Å². The monoisotopic (exact) mass is 442 g/mol. The largest absolute Gasteiger partial charge is 0.352 e. The van der Waals surface area contributed by atoms with Crippen molar-refractivity contribution < 1.29 is 4.79 Å². The lowest BCUT2D eigenvalue weighted by atomic mass is 9.89. The fourth-order valence-corrected chi connectivity index (χ4v) is 6.17. The first kappa shape index (κ1) is 22.5. The summed E-state index contributed by atoms with van der Waals surface area (Å²) >= 11 is 1.90. The minimum atomic E-state index is 0.0358. The van der Waals surface area contributed by atoms with Gasteiger partial charge < -0.3 is 9.80 Å². The maximum Gasteiger partial charge on any atom is 0.223 e. The van der Waals surface area contributed by atoms with E-state index in [2.05, 4.69) is 39.5 Å². The number of hydrogen-bond donors (Lipinski definition) is 0. The van der Waals surface area contributed by atoms with E-state index in [0.29, 0.717) is 6.42 Å². The molecule has 5 nitrogen and oxygen atoms in total. The van der Waals surface area contributed by atoms with Crippen molar-refractivity contribution >= 4 is 33.3 Å². The molecule has 0 saturated carbocycles. The average molecular weight is 443 g/mol. The van der Waals surface area contributed by atoms with E-state index in [1.165, 1.54) is 33.5 Å². The van der Waals surface area contributed by atoms with Crippen LogP contribution in [0.2, 0.25) is 0 Å². The molecule has 31 heavy (non-hydrogen) atoms. The number of unbranched alkanes of at least 4 members (excludes halogenated alkanes) is 1. The highest BCUT2D eigenvalue weighted by Gasteiger charge is 2.29. The van der Waals surface area contributed by atoms with Crippen LogP contribution in [-0.2, 0) is 24.1 Å². The van der Waals surface area contributed by atoms with Crippen LogP contribution in [0.25, 0.3) is 10.2 Å². The molecule has 0 aromatic carbocycles. The lowest BCUT2D eigenvalue weighted by Crippen LogP contribution is -2.49. The first-order valence-corrected chi connectivity index (χ1v) is 12.9. The number of aromatic nitrogens is 2. The minimum absolute atomic E-state index is 0.0358. The number of fused-ring (bicyclic) bond motifs is 3. The Balaban J connectivity index is 1.61. The topological polar surface area (TPSA) is 49.3 Å². The van der Waals surface area contributed by atoms with Gasteiger partial charge in [-0.1, -0.05) is 41.0 Å². The number of rotatable bonds is 5. The zero-order valence-corrected chi connectivity index (χ0v) is 20.8. The van der Waals surface area contributed by atoms with Gasteiger partial charge in [0.15, 0.2) is 0 Å². The maximum atomic E-state index is 12.7. The van der Waals surface area contributed by atoms with Gasteiger partial charge in [0.1, 0.15) is 16.5 Å². The lowest BCUT2D eigenvalue weighted by molar-refractivity contribution is -0.133. The Morgan fingerprint density at radius 2 is 1.90 bits per heavy atom. The molecule has 1 unspecified atom stereocenters. The third-order valence-corrected chi connectivity index (χ3v) is 7.70. The summed E-state index contributed by atoms with van der Waals surface area (Å²) in [5.41, 5.74) is 1.54. The normalized spacial score (nSPS) is 19.7. The first-order valence-electron chi connectivity index (χ1n) is 12.1. The highest BCUT2D eigenvalue weighted by molar-refractivity contribution is 7.19. The minimum Gasteiger partial charge on any atom is -0.352 e. The number of carbonyl (C=O) groups excluding carboxylic acids is 1. The van der Waals surface area contributed by atoms with E-state index in [9.17, 15) is 4.79 Å². The van der Waals surface area contributed by atoms with Crippen LogP contribution in [0.5, 0.6) is 0 Å². The summed E-state index contributed by atoms with van der Waals surface area (Å²) in [5.74, 6) is 3.16. The number of amides is 1. The van der Waals surface area contributed by atoms with Gasteiger partial charge >= 0.3 is 0 Å². The van der Waals surface area contributed by atoms with Crippen LogP contribution < -0.4 is 4.90 Å². The van der Waals surface area contributed by atoms with Gasteiger partial charge in [0.2, 0.25) is 5.91 Å². The van der Waals surface area contributed by atoms with Crippen molar-refractivity contribution in [2.45, 2.75) is 79.6 Å². The van der Waals surface area contributed by atoms with Crippen LogP contribution in [0.4, 0.5) is 5.82 Å². The third kappa shape index (κ3) is 5.05. The van der Waals surface area contributed by atoms with Gasteiger partial charge in [0.25, 0.3) is 0 Å². The van der Waals surface area contributed by atoms with E-state index in [1.807, 2.05) is 16.2 Å². The van der Waals surface area contributed by atoms with Crippen LogP contribution in [0.1, 0.15) is 76.6 Å². The van der Waals surface area contributed by atoms with Crippen LogP contribution in [-0.4, -0.2) is 47.0 Å². The molecule has 0 radical (unpaired) electrons. The van der Waals surface area contributed by atoms with Gasteiger partial charge in [0.05, 0.1) is 5.39 Å². The Kier molecular flexibility index (Phi) is 6.57. The van der Waals surface area contributed by atoms with Crippen molar-refractivity contribution in [3.8, 4) is 0 Å². The molecule has 0 bridgehead atoms.